The van der Waals surface area contributed by atoms with Crippen LogP contribution < -0.4 is 4.74 Å². The number of likely N-dealkylation sites (N-methyl/N-ethyl adjacent to an activating group) is 1. The van der Waals surface area contributed by atoms with Crippen molar-refractivity contribution in [2.45, 2.75) is 6.92 Å². The molecule has 0 N–H and O–H groups in total. The summed E-state index contributed by atoms with van der Waals surface area (Å²) in [6.45, 7) is 3.29. The smallest absolute Gasteiger partial charge is 0.128 e. The van der Waals surface area contributed by atoms with Crippen LogP contribution in [-0.2, 0) is 4.79 Å². The minimum Gasteiger partial charge on any atom is -0.492 e. The third-order valence-corrected chi connectivity index (χ3v) is 2.25. The van der Waals surface area contributed by atoms with Crippen molar-refractivity contribution in [2.24, 2.45) is 0 Å². The predicted molar refractivity (Wildman–Crippen MR) is 65.3 cm³/mol. The molecule has 0 aliphatic heterocycles. The van der Waals surface area contributed by atoms with E-state index in [9.17, 15) is 4.79 Å². The molecule has 16 heavy (non-hydrogen) atoms. The molecule has 0 aliphatic carbocycles. The molecule has 0 atom stereocenters. The van der Waals surface area contributed by atoms with Crippen molar-refractivity contribution < 1.29 is 9.53 Å². The van der Waals surface area contributed by atoms with Gasteiger partial charge in [-0.25, -0.2) is 4.79 Å². The van der Waals surface area contributed by atoms with Crippen molar-refractivity contribution >= 4 is 11.5 Å². The predicted octanol–water partition coefficient (Wildman–Crippen LogP) is 1.86. The summed E-state index contributed by atoms with van der Waals surface area (Å²) in [5, 5.41) is 0. The normalized spacial score (nSPS) is 10.0. The van der Waals surface area contributed by atoms with E-state index in [1.807, 2.05) is 44.3 Å². The Balaban J connectivity index is 2.55. The van der Waals surface area contributed by atoms with Gasteiger partial charge in [0.05, 0.1) is 0 Å². The molecule has 1 rings (SSSR count). The van der Waals surface area contributed by atoms with Gasteiger partial charge in [-0.15, -0.1) is 0 Å². The minimum atomic E-state index is 0.611. The highest BCUT2D eigenvalue weighted by atomic mass is 16.5. The highest BCUT2D eigenvalue weighted by molar-refractivity contribution is 5.86. The van der Waals surface area contributed by atoms with Gasteiger partial charge in [-0.05, 0) is 38.7 Å². The minimum absolute atomic E-state index is 0.611. The van der Waals surface area contributed by atoms with E-state index >= 15 is 0 Å². The lowest BCUT2D eigenvalue weighted by molar-refractivity contribution is 0.261. The van der Waals surface area contributed by atoms with Crippen LogP contribution in [0.15, 0.2) is 24.3 Å². The van der Waals surface area contributed by atoms with Crippen LogP contribution >= 0.6 is 0 Å². The van der Waals surface area contributed by atoms with Crippen LogP contribution in [0.2, 0.25) is 0 Å². The molecule has 0 fully saturated rings. The largest absolute Gasteiger partial charge is 0.492 e. The molecule has 0 radical (unpaired) electrons. The lowest BCUT2D eigenvalue weighted by atomic mass is 10.1. The second kappa shape index (κ2) is 6.11. The molecule has 0 bridgehead atoms. The van der Waals surface area contributed by atoms with Crippen LogP contribution in [0.1, 0.15) is 12.5 Å². The van der Waals surface area contributed by atoms with Gasteiger partial charge in [-0.1, -0.05) is 12.1 Å². The molecule has 0 heterocycles. The molecule has 0 saturated heterocycles. The average Bonchev–Trinajstić information content (AvgIpc) is 2.28. The Morgan fingerprint density at radius 1 is 1.31 bits per heavy atom. The number of carbonyl (C=O) groups excluding carboxylic acids is 1. The van der Waals surface area contributed by atoms with Gasteiger partial charge < -0.3 is 9.64 Å². The number of allylic oxidation sites excluding steroid dienone is 1. The zero-order chi connectivity index (χ0) is 12.0. The van der Waals surface area contributed by atoms with Gasteiger partial charge in [0.1, 0.15) is 18.3 Å². The second-order valence-corrected chi connectivity index (χ2v) is 3.90. The van der Waals surface area contributed by atoms with Gasteiger partial charge in [0.2, 0.25) is 0 Å². The van der Waals surface area contributed by atoms with Gasteiger partial charge in [-0.2, -0.15) is 0 Å². The van der Waals surface area contributed by atoms with Gasteiger partial charge in [-0.3, -0.25) is 0 Å². The molecule has 86 valence electrons. The fourth-order valence-corrected chi connectivity index (χ4v) is 1.21. The monoisotopic (exact) mass is 219 g/mol. The molecule has 3 nitrogen and oxygen atoms in total. The maximum atomic E-state index is 10.4. The fraction of sp³-hybridized carbons (Fsp3) is 0.385. The number of nitrogens with zero attached hydrogens (tertiary/aromatic N) is 1. The van der Waals surface area contributed by atoms with Crippen molar-refractivity contribution in [2.75, 3.05) is 27.2 Å². The molecule has 0 aliphatic rings. The number of benzene rings is 1. The molecular formula is C13H17NO2. The van der Waals surface area contributed by atoms with Crippen molar-refractivity contribution in [1.29, 1.82) is 0 Å². The summed E-state index contributed by atoms with van der Waals surface area (Å²) in [6.07, 6.45) is 0. The Kier molecular flexibility index (Phi) is 4.77. The first-order chi connectivity index (χ1) is 7.63. The maximum Gasteiger partial charge on any atom is 0.128 e. The Morgan fingerprint density at radius 2 is 1.94 bits per heavy atom. The highest BCUT2D eigenvalue weighted by Crippen LogP contribution is 2.16. The second-order valence-electron chi connectivity index (χ2n) is 3.90. The van der Waals surface area contributed by atoms with Gasteiger partial charge in [0.15, 0.2) is 0 Å². The zero-order valence-corrected chi connectivity index (χ0v) is 9.99. The summed E-state index contributed by atoms with van der Waals surface area (Å²) < 4.78 is 5.54. The number of rotatable bonds is 5. The number of hydrogen-bond donors (Lipinski definition) is 0. The third-order valence-electron chi connectivity index (χ3n) is 2.25. The van der Waals surface area contributed by atoms with Crippen LogP contribution in [0.5, 0.6) is 5.75 Å². The summed E-state index contributed by atoms with van der Waals surface area (Å²) >= 11 is 0. The van der Waals surface area contributed by atoms with Crippen LogP contribution in [0.25, 0.3) is 5.57 Å². The van der Waals surface area contributed by atoms with Gasteiger partial charge >= 0.3 is 0 Å². The average molecular weight is 219 g/mol. The molecule has 0 spiro atoms. The molecule has 1 aromatic rings. The third kappa shape index (κ3) is 3.89. The first-order valence-electron chi connectivity index (χ1n) is 5.23. The van der Waals surface area contributed by atoms with E-state index in [1.54, 1.807) is 6.92 Å². The van der Waals surface area contributed by atoms with E-state index in [-0.39, 0.29) is 0 Å². The van der Waals surface area contributed by atoms with E-state index in [2.05, 4.69) is 4.90 Å². The Morgan fingerprint density at radius 3 is 2.44 bits per heavy atom. The van der Waals surface area contributed by atoms with Gasteiger partial charge in [0.25, 0.3) is 0 Å². The summed E-state index contributed by atoms with van der Waals surface area (Å²) in [6, 6.07) is 7.47. The maximum absolute atomic E-state index is 10.4. The quantitative estimate of drug-likeness (QED) is 0.708. The first-order valence-corrected chi connectivity index (χ1v) is 5.23. The van der Waals surface area contributed by atoms with Crippen molar-refractivity contribution in [3.63, 3.8) is 0 Å². The van der Waals surface area contributed by atoms with E-state index < -0.39 is 0 Å². The Bertz CT molecular complexity index is 375. The van der Waals surface area contributed by atoms with Crippen LogP contribution in [0, 0.1) is 0 Å². The summed E-state index contributed by atoms with van der Waals surface area (Å²) in [4.78, 5) is 12.5. The fourth-order valence-electron chi connectivity index (χ4n) is 1.21. The molecular weight excluding hydrogens is 202 g/mol. The van der Waals surface area contributed by atoms with Gasteiger partial charge in [0, 0.05) is 12.1 Å². The van der Waals surface area contributed by atoms with E-state index in [0.29, 0.717) is 12.2 Å². The van der Waals surface area contributed by atoms with E-state index in [0.717, 1.165) is 17.9 Å². The molecule has 0 aromatic heterocycles. The van der Waals surface area contributed by atoms with E-state index in [4.69, 9.17) is 4.74 Å². The van der Waals surface area contributed by atoms with E-state index in [1.165, 1.54) is 0 Å². The topological polar surface area (TPSA) is 29.5 Å². The highest BCUT2D eigenvalue weighted by Gasteiger charge is 1.98. The summed E-state index contributed by atoms with van der Waals surface area (Å²) in [7, 11) is 4.01. The molecule has 3 heteroatoms. The Labute approximate surface area is 96.3 Å². The van der Waals surface area contributed by atoms with Crippen LogP contribution in [0.4, 0.5) is 0 Å². The lowest BCUT2D eigenvalue weighted by Gasteiger charge is -2.11. The zero-order valence-electron chi connectivity index (χ0n) is 9.99. The van der Waals surface area contributed by atoms with Crippen LogP contribution in [-0.4, -0.2) is 38.1 Å². The van der Waals surface area contributed by atoms with Crippen molar-refractivity contribution in [3.8, 4) is 5.75 Å². The molecule has 0 unspecified atom stereocenters. The summed E-state index contributed by atoms with van der Waals surface area (Å²) in [5.41, 5.74) is 1.50. The van der Waals surface area contributed by atoms with Crippen LogP contribution in [0.3, 0.4) is 0 Å². The molecule has 0 saturated carbocycles. The Hall–Kier alpha value is -1.57. The number of ether oxygens (including phenoxy) is 1. The van der Waals surface area contributed by atoms with Crippen molar-refractivity contribution in [1.82, 2.24) is 4.90 Å². The first kappa shape index (κ1) is 12.5. The number of hydrogen-bond acceptors (Lipinski definition) is 3. The SMILES string of the molecule is CC(=C=O)c1ccc(OCCN(C)C)cc1. The standard InChI is InChI=1S/C13H17NO2/c1-11(10-15)12-4-6-13(7-5-12)16-9-8-14(2)3/h4-7H,8-9H2,1-3H3. The molecule has 1 aromatic carbocycles. The lowest BCUT2D eigenvalue weighted by Crippen LogP contribution is -2.19. The molecule has 0 amide bonds. The van der Waals surface area contributed by atoms with Crippen molar-refractivity contribution in [3.05, 3.63) is 29.8 Å². The summed E-state index contributed by atoms with van der Waals surface area (Å²) in [5.74, 6) is 2.70.